The summed E-state index contributed by atoms with van der Waals surface area (Å²) in [7, 11) is 0. The summed E-state index contributed by atoms with van der Waals surface area (Å²) in [5.74, 6) is 4.74. The van der Waals surface area contributed by atoms with Gasteiger partial charge >= 0.3 is 0 Å². The third-order valence-electron chi connectivity index (χ3n) is 1.48. The van der Waals surface area contributed by atoms with Gasteiger partial charge in [-0.15, -0.1) is 23.7 Å². The van der Waals surface area contributed by atoms with Crippen LogP contribution in [0.4, 0.5) is 0 Å². The minimum Gasteiger partial charge on any atom is -0.289 e. The van der Waals surface area contributed by atoms with Crippen LogP contribution in [0.3, 0.4) is 0 Å². The molecule has 4 nitrogen and oxygen atoms in total. The van der Waals surface area contributed by atoms with Gasteiger partial charge in [0, 0.05) is 0 Å². The summed E-state index contributed by atoms with van der Waals surface area (Å²) in [6.45, 7) is 3.81. The maximum Gasteiger partial charge on any atom is 0.277 e. The lowest BCUT2D eigenvalue weighted by atomic mass is 10.4. The normalized spacial score (nSPS) is 9.15. The summed E-state index contributed by atoms with van der Waals surface area (Å²) in [5, 5.41) is 0.964. The van der Waals surface area contributed by atoms with Crippen molar-refractivity contribution >= 4 is 29.7 Å². The predicted molar refractivity (Wildman–Crippen MR) is 55.1 cm³/mol. The van der Waals surface area contributed by atoms with Crippen molar-refractivity contribution in [1.82, 2.24) is 10.4 Å². The number of thiazole rings is 1. The zero-order valence-corrected chi connectivity index (χ0v) is 9.09. The van der Waals surface area contributed by atoms with E-state index in [1.54, 1.807) is 6.92 Å². The molecule has 1 aromatic rings. The molecule has 0 spiro atoms. The summed E-state index contributed by atoms with van der Waals surface area (Å²) in [6.07, 6.45) is 0.851. The third-order valence-corrected chi connectivity index (χ3v) is 2.78. The Balaban J connectivity index is 0.00000144. The van der Waals surface area contributed by atoms with Gasteiger partial charge < -0.3 is 0 Å². The first-order valence-electron chi connectivity index (χ1n) is 3.66. The molecule has 0 bridgehead atoms. The molecule has 0 aliphatic rings. The molecule has 0 fully saturated rings. The molecule has 3 N–H and O–H groups in total. The molecule has 0 aliphatic carbocycles. The van der Waals surface area contributed by atoms with Crippen LogP contribution in [0.5, 0.6) is 0 Å². The predicted octanol–water partition coefficient (Wildman–Crippen LogP) is 1.04. The second kappa shape index (κ2) is 5.16. The highest BCUT2D eigenvalue weighted by molar-refractivity contribution is 7.13. The average molecular weight is 222 g/mol. The molecule has 0 saturated heterocycles. The van der Waals surface area contributed by atoms with E-state index < -0.39 is 0 Å². The Morgan fingerprint density at radius 1 is 1.69 bits per heavy atom. The van der Waals surface area contributed by atoms with Gasteiger partial charge in [0.2, 0.25) is 0 Å². The van der Waals surface area contributed by atoms with E-state index in [-0.39, 0.29) is 18.3 Å². The van der Waals surface area contributed by atoms with E-state index in [0.717, 1.165) is 17.1 Å². The van der Waals surface area contributed by atoms with E-state index in [9.17, 15) is 4.79 Å². The number of amides is 1. The van der Waals surface area contributed by atoms with Gasteiger partial charge in [0.05, 0.1) is 10.7 Å². The maximum atomic E-state index is 11.1. The van der Waals surface area contributed by atoms with Gasteiger partial charge in [-0.25, -0.2) is 10.8 Å². The zero-order chi connectivity index (χ0) is 9.14. The first-order chi connectivity index (χ1) is 5.69. The molecule has 0 aromatic carbocycles. The van der Waals surface area contributed by atoms with Crippen molar-refractivity contribution in [2.75, 3.05) is 0 Å². The number of halogens is 1. The highest BCUT2D eigenvalue weighted by Crippen LogP contribution is 2.17. The van der Waals surface area contributed by atoms with Gasteiger partial charge in [0.25, 0.3) is 5.91 Å². The quantitative estimate of drug-likeness (QED) is 0.446. The van der Waals surface area contributed by atoms with Crippen LogP contribution in [0.1, 0.15) is 27.3 Å². The topological polar surface area (TPSA) is 68.0 Å². The van der Waals surface area contributed by atoms with E-state index in [0.29, 0.717) is 4.88 Å². The van der Waals surface area contributed by atoms with Crippen molar-refractivity contribution in [3.05, 3.63) is 15.6 Å². The van der Waals surface area contributed by atoms with Crippen LogP contribution in [-0.4, -0.2) is 10.9 Å². The Hall–Kier alpha value is -0.650. The molecule has 1 rings (SSSR count). The number of hydrogen-bond acceptors (Lipinski definition) is 4. The maximum absolute atomic E-state index is 11.1. The van der Waals surface area contributed by atoms with E-state index in [1.807, 2.05) is 6.92 Å². The molecule has 74 valence electrons. The van der Waals surface area contributed by atoms with Gasteiger partial charge in [0.1, 0.15) is 4.88 Å². The number of nitrogens with two attached hydrogens (primary N) is 1. The van der Waals surface area contributed by atoms with E-state index >= 15 is 0 Å². The number of hydrogen-bond donors (Lipinski definition) is 2. The molecule has 1 heterocycles. The van der Waals surface area contributed by atoms with Crippen molar-refractivity contribution < 1.29 is 4.79 Å². The fourth-order valence-corrected chi connectivity index (χ4v) is 1.79. The molecule has 1 aromatic heterocycles. The Kier molecular flexibility index (Phi) is 4.90. The molecule has 13 heavy (non-hydrogen) atoms. The molecule has 0 saturated carbocycles. The second-order valence-corrected chi connectivity index (χ2v) is 3.43. The highest BCUT2D eigenvalue weighted by atomic mass is 35.5. The minimum absolute atomic E-state index is 0. The zero-order valence-electron chi connectivity index (χ0n) is 7.46. The summed E-state index contributed by atoms with van der Waals surface area (Å²) >= 11 is 1.39. The van der Waals surface area contributed by atoms with E-state index in [1.165, 1.54) is 11.3 Å². The summed E-state index contributed by atoms with van der Waals surface area (Å²) in [6, 6.07) is 0. The number of rotatable bonds is 2. The number of hydrazine groups is 1. The molecule has 0 atom stereocenters. The number of nitrogens with zero attached hydrogens (tertiary/aromatic N) is 1. The molecule has 0 radical (unpaired) electrons. The van der Waals surface area contributed by atoms with Crippen molar-refractivity contribution in [3.63, 3.8) is 0 Å². The van der Waals surface area contributed by atoms with Crippen LogP contribution in [-0.2, 0) is 6.42 Å². The molecule has 0 unspecified atom stereocenters. The average Bonchev–Trinajstić information content (AvgIpc) is 2.45. The van der Waals surface area contributed by atoms with Crippen molar-refractivity contribution in [3.8, 4) is 0 Å². The smallest absolute Gasteiger partial charge is 0.277 e. The van der Waals surface area contributed by atoms with Crippen molar-refractivity contribution in [1.29, 1.82) is 0 Å². The fourth-order valence-electron chi connectivity index (χ4n) is 0.880. The van der Waals surface area contributed by atoms with Gasteiger partial charge in [-0.1, -0.05) is 6.92 Å². The molecular formula is C7H12ClN3OS. The third kappa shape index (κ3) is 2.65. The van der Waals surface area contributed by atoms with Gasteiger partial charge in [-0.05, 0) is 13.3 Å². The number of aryl methyl sites for hydroxylation is 2. The van der Waals surface area contributed by atoms with Gasteiger partial charge in [-0.2, -0.15) is 0 Å². The SMILES string of the molecule is CCc1nc(C)c(C(=O)NN)s1.Cl. The lowest BCUT2D eigenvalue weighted by Gasteiger charge is -1.93. The van der Waals surface area contributed by atoms with E-state index in [4.69, 9.17) is 5.84 Å². The first kappa shape index (κ1) is 12.3. The van der Waals surface area contributed by atoms with Gasteiger partial charge in [0.15, 0.2) is 0 Å². The minimum atomic E-state index is -0.260. The Morgan fingerprint density at radius 3 is 2.69 bits per heavy atom. The summed E-state index contributed by atoms with van der Waals surface area (Å²) < 4.78 is 0. The number of carbonyl (C=O) groups is 1. The number of nitrogen functional groups attached to an aromatic ring is 1. The number of carbonyl (C=O) groups excluding carboxylic acids is 1. The van der Waals surface area contributed by atoms with Crippen LogP contribution in [0.2, 0.25) is 0 Å². The Bertz CT molecular complexity index is 300. The van der Waals surface area contributed by atoms with Crippen LogP contribution in [0.15, 0.2) is 0 Å². The highest BCUT2D eigenvalue weighted by Gasteiger charge is 2.12. The van der Waals surface area contributed by atoms with Crippen molar-refractivity contribution in [2.24, 2.45) is 5.84 Å². The first-order valence-corrected chi connectivity index (χ1v) is 4.48. The molecular weight excluding hydrogens is 210 g/mol. The lowest BCUT2D eigenvalue weighted by Crippen LogP contribution is -2.29. The summed E-state index contributed by atoms with van der Waals surface area (Å²) in [4.78, 5) is 15.9. The van der Waals surface area contributed by atoms with Crippen LogP contribution in [0, 0.1) is 6.92 Å². The fraction of sp³-hybridized carbons (Fsp3) is 0.429. The Morgan fingerprint density at radius 2 is 2.31 bits per heavy atom. The molecule has 0 aliphatic heterocycles. The summed E-state index contributed by atoms with van der Waals surface area (Å²) in [5.41, 5.74) is 2.84. The van der Waals surface area contributed by atoms with Gasteiger partial charge in [-0.3, -0.25) is 10.2 Å². The van der Waals surface area contributed by atoms with Crippen LogP contribution in [0.25, 0.3) is 0 Å². The van der Waals surface area contributed by atoms with E-state index in [2.05, 4.69) is 10.4 Å². The van der Waals surface area contributed by atoms with Crippen molar-refractivity contribution in [2.45, 2.75) is 20.3 Å². The largest absolute Gasteiger partial charge is 0.289 e. The second-order valence-electron chi connectivity index (χ2n) is 2.35. The Labute approximate surface area is 86.9 Å². The van der Waals surface area contributed by atoms with Crippen LogP contribution >= 0.6 is 23.7 Å². The number of aromatic nitrogens is 1. The van der Waals surface area contributed by atoms with Crippen LogP contribution < -0.4 is 11.3 Å². The molecule has 6 heteroatoms. The lowest BCUT2D eigenvalue weighted by molar-refractivity contribution is 0.0957. The molecule has 1 amide bonds. The standard InChI is InChI=1S/C7H11N3OS.ClH/c1-3-5-9-4(2)6(12-5)7(11)10-8;/h3,8H2,1-2H3,(H,10,11);1H. The number of nitrogens with one attached hydrogen (secondary N) is 1. The monoisotopic (exact) mass is 221 g/mol.